The summed E-state index contributed by atoms with van der Waals surface area (Å²) in [6.07, 6.45) is 2.45. The molecule has 3 aromatic rings. The van der Waals surface area contributed by atoms with Crippen molar-refractivity contribution in [3.8, 4) is 0 Å². The van der Waals surface area contributed by atoms with E-state index in [0.717, 1.165) is 16.6 Å². The van der Waals surface area contributed by atoms with Crippen LogP contribution in [0.2, 0.25) is 0 Å². The summed E-state index contributed by atoms with van der Waals surface area (Å²) in [7, 11) is 1.95. The van der Waals surface area contributed by atoms with E-state index in [1.165, 1.54) is 0 Å². The molecule has 0 spiro atoms. The lowest BCUT2D eigenvalue weighted by molar-refractivity contribution is 0.251. The fourth-order valence-corrected chi connectivity index (χ4v) is 2.45. The topological polar surface area (TPSA) is 85.0 Å². The van der Waals surface area contributed by atoms with Gasteiger partial charge in [-0.05, 0) is 24.6 Å². The van der Waals surface area contributed by atoms with E-state index >= 15 is 0 Å². The number of imidazole rings is 1. The Morgan fingerprint density at radius 2 is 2.22 bits per heavy atom. The summed E-state index contributed by atoms with van der Waals surface area (Å²) >= 11 is 0. The number of hydrogen-bond acceptors (Lipinski definition) is 4. The van der Waals surface area contributed by atoms with Crippen LogP contribution < -0.4 is 10.6 Å². The van der Waals surface area contributed by atoms with Crippen molar-refractivity contribution >= 4 is 22.8 Å². The summed E-state index contributed by atoms with van der Waals surface area (Å²) in [5, 5.41) is 9.50. The maximum Gasteiger partial charge on any atom is 0.319 e. The first-order valence-corrected chi connectivity index (χ1v) is 7.48. The van der Waals surface area contributed by atoms with Crippen molar-refractivity contribution in [2.75, 3.05) is 5.32 Å². The number of benzene rings is 1. The first-order valence-electron chi connectivity index (χ1n) is 7.48. The van der Waals surface area contributed by atoms with Crippen LogP contribution in [-0.4, -0.2) is 20.7 Å². The lowest BCUT2D eigenvalue weighted by Gasteiger charge is -2.08. The number of nitrogens with one attached hydrogen (secondary N) is 2. The number of aryl methyl sites for hydroxylation is 3. The molecule has 0 radical (unpaired) electrons. The Bertz CT molecular complexity index is 849. The molecule has 0 saturated carbocycles. The Hall–Kier alpha value is -2.83. The molecule has 2 aromatic heterocycles. The molecule has 2 amide bonds. The molecule has 120 valence electrons. The van der Waals surface area contributed by atoms with Gasteiger partial charge < -0.3 is 19.7 Å². The summed E-state index contributed by atoms with van der Waals surface area (Å²) < 4.78 is 7.11. The van der Waals surface area contributed by atoms with Crippen molar-refractivity contribution < 1.29 is 9.32 Å². The van der Waals surface area contributed by atoms with Crippen molar-refractivity contribution in [1.82, 2.24) is 20.0 Å². The van der Waals surface area contributed by atoms with Gasteiger partial charge in [-0.2, -0.15) is 0 Å². The maximum absolute atomic E-state index is 12.1. The summed E-state index contributed by atoms with van der Waals surface area (Å²) in [6.45, 7) is 4.17. The number of carbonyl (C=O) groups is 1. The maximum atomic E-state index is 12.1. The largest absolute Gasteiger partial charge is 0.359 e. The van der Waals surface area contributed by atoms with E-state index < -0.39 is 0 Å². The molecule has 0 saturated heterocycles. The van der Waals surface area contributed by atoms with Crippen LogP contribution in [-0.2, 0) is 20.0 Å². The van der Waals surface area contributed by atoms with Crippen molar-refractivity contribution in [2.45, 2.75) is 26.8 Å². The van der Waals surface area contributed by atoms with Crippen LogP contribution >= 0.6 is 0 Å². The highest BCUT2D eigenvalue weighted by Crippen LogP contribution is 2.20. The fourth-order valence-electron chi connectivity index (χ4n) is 2.45. The zero-order chi connectivity index (χ0) is 16.4. The third-order valence-electron chi connectivity index (χ3n) is 3.74. The molecule has 2 heterocycles. The van der Waals surface area contributed by atoms with Gasteiger partial charge in [0, 0.05) is 20.0 Å². The highest BCUT2D eigenvalue weighted by atomic mass is 16.5. The van der Waals surface area contributed by atoms with E-state index in [2.05, 4.69) is 20.8 Å². The Balaban J connectivity index is 1.64. The summed E-state index contributed by atoms with van der Waals surface area (Å²) in [5.74, 6) is 0.674. The van der Waals surface area contributed by atoms with Crippen molar-refractivity contribution in [3.05, 3.63) is 41.5 Å². The van der Waals surface area contributed by atoms with Gasteiger partial charge in [-0.3, -0.25) is 0 Å². The number of urea groups is 1. The second kappa shape index (κ2) is 6.12. The fraction of sp³-hybridized carbons (Fsp3) is 0.312. The third-order valence-corrected chi connectivity index (χ3v) is 3.74. The first-order chi connectivity index (χ1) is 11.1. The Morgan fingerprint density at radius 3 is 3.00 bits per heavy atom. The van der Waals surface area contributed by atoms with Gasteiger partial charge in [0.2, 0.25) is 0 Å². The number of amides is 2. The van der Waals surface area contributed by atoms with Crippen molar-refractivity contribution in [3.63, 3.8) is 0 Å². The number of hydrogen-bond donors (Lipinski definition) is 2. The van der Waals surface area contributed by atoms with E-state index in [4.69, 9.17) is 4.52 Å². The number of nitrogens with zero attached hydrogens (tertiary/aromatic N) is 3. The monoisotopic (exact) mass is 313 g/mol. The van der Waals surface area contributed by atoms with Gasteiger partial charge in [0.1, 0.15) is 11.4 Å². The third kappa shape index (κ3) is 3.03. The highest BCUT2D eigenvalue weighted by Gasteiger charge is 2.14. The predicted molar refractivity (Wildman–Crippen MR) is 87.2 cm³/mol. The minimum atomic E-state index is -0.285. The Morgan fingerprint density at radius 1 is 1.39 bits per heavy atom. The van der Waals surface area contributed by atoms with E-state index in [-0.39, 0.29) is 6.03 Å². The molecule has 7 heteroatoms. The summed E-state index contributed by atoms with van der Waals surface area (Å²) in [6, 6.07) is 5.66. The Labute approximate surface area is 133 Å². The van der Waals surface area contributed by atoms with Crippen LogP contribution in [0.5, 0.6) is 0 Å². The molecule has 3 rings (SSSR count). The average molecular weight is 313 g/mol. The molecule has 0 unspecified atom stereocenters. The number of fused-ring (bicyclic) bond motifs is 1. The summed E-state index contributed by atoms with van der Waals surface area (Å²) in [5.41, 5.74) is 4.28. The van der Waals surface area contributed by atoms with Gasteiger partial charge in [0.15, 0.2) is 5.76 Å². The van der Waals surface area contributed by atoms with Crippen molar-refractivity contribution in [2.24, 2.45) is 7.05 Å². The van der Waals surface area contributed by atoms with E-state index in [0.29, 0.717) is 30.1 Å². The van der Waals surface area contributed by atoms with Crippen LogP contribution in [0, 0.1) is 6.92 Å². The van der Waals surface area contributed by atoms with Crippen molar-refractivity contribution in [1.29, 1.82) is 0 Å². The number of carbonyl (C=O) groups excluding carboxylic acids is 1. The number of rotatable bonds is 4. The molecule has 0 bridgehead atoms. The summed E-state index contributed by atoms with van der Waals surface area (Å²) in [4.78, 5) is 16.4. The molecule has 0 aliphatic rings. The molecule has 0 atom stereocenters. The van der Waals surface area contributed by atoms with Gasteiger partial charge in [-0.1, -0.05) is 18.1 Å². The van der Waals surface area contributed by atoms with E-state index in [9.17, 15) is 4.79 Å². The zero-order valence-corrected chi connectivity index (χ0v) is 13.4. The number of aromatic nitrogens is 3. The van der Waals surface area contributed by atoms with Crippen LogP contribution in [0.15, 0.2) is 29.0 Å². The molecular weight excluding hydrogens is 294 g/mol. The second-order valence-electron chi connectivity index (χ2n) is 5.41. The molecule has 0 fully saturated rings. The first kappa shape index (κ1) is 15.1. The second-order valence-corrected chi connectivity index (χ2v) is 5.41. The quantitative estimate of drug-likeness (QED) is 0.775. The average Bonchev–Trinajstić information content (AvgIpc) is 3.09. The van der Waals surface area contributed by atoms with Crippen LogP contribution in [0.3, 0.4) is 0 Å². The molecule has 23 heavy (non-hydrogen) atoms. The van der Waals surface area contributed by atoms with E-state index in [1.807, 2.05) is 36.7 Å². The lowest BCUT2D eigenvalue weighted by atomic mass is 10.2. The SMILES string of the molecule is CCc1onc(C)c1NC(=O)NCc1ccc2c(c1)ncn2C. The van der Waals surface area contributed by atoms with E-state index in [1.54, 1.807) is 13.3 Å². The van der Waals surface area contributed by atoms with Gasteiger partial charge >= 0.3 is 6.03 Å². The minimum Gasteiger partial charge on any atom is -0.359 e. The molecule has 0 aliphatic heterocycles. The zero-order valence-electron chi connectivity index (χ0n) is 13.4. The smallest absolute Gasteiger partial charge is 0.319 e. The molecule has 1 aromatic carbocycles. The van der Waals surface area contributed by atoms with Crippen LogP contribution in [0.25, 0.3) is 11.0 Å². The van der Waals surface area contributed by atoms with Gasteiger partial charge in [0.05, 0.1) is 17.4 Å². The standard InChI is InChI=1S/C16H19N5O2/c1-4-14-15(10(2)20-23-14)19-16(22)17-8-11-5-6-13-12(7-11)18-9-21(13)3/h5-7,9H,4,8H2,1-3H3,(H2,17,19,22). The minimum absolute atomic E-state index is 0.285. The normalized spacial score (nSPS) is 10.9. The van der Waals surface area contributed by atoms with Gasteiger partial charge in [0.25, 0.3) is 0 Å². The predicted octanol–water partition coefficient (Wildman–Crippen LogP) is 2.75. The van der Waals surface area contributed by atoms with Gasteiger partial charge in [-0.25, -0.2) is 9.78 Å². The number of anilines is 1. The molecule has 2 N–H and O–H groups in total. The van der Waals surface area contributed by atoms with Crippen LogP contribution in [0.1, 0.15) is 23.9 Å². The molecule has 7 nitrogen and oxygen atoms in total. The van der Waals surface area contributed by atoms with Gasteiger partial charge in [-0.15, -0.1) is 0 Å². The lowest BCUT2D eigenvalue weighted by Crippen LogP contribution is -2.28. The van der Waals surface area contributed by atoms with Crippen LogP contribution in [0.4, 0.5) is 10.5 Å². The molecular formula is C16H19N5O2. The Kier molecular flexibility index (Phi) is 4.01. The highest BCUT2D eigenvalue weighted by molar-refractivity contribution is 5.90. The molecule has 0 aliphatic carbocycles.